The number of hydrogen-bond donors (Lipinski definition) is 1. The molecule has 0 aliphatic carbocycles. The third kappa shape index (κ3) is 4.84. The van der Waals surface area contributed by atoms with Gasteiger partial charge < -0.3 is 5.21 Å². The Morgan fingerprint density at radius 2 is 1.82 bits per heavy atom. The van der Waals surface area contributed by atoms with Crippen LogP contribution in [-0.2, 0) is 0 Å². The molecular weight excluding hydrogens is 142 g/mol. The minimum atomic E-state index is 1.17. The van der Waals surface area contributed by atoms with Gasteiger partial charge in [-0.25, -0.2) is 0 Å². The lowest BCUT2D eigenvalue weighted by Gasteiger charge is -1.85. The molecule has 0 atom stereocenters. The SMILES string of the molecule is C=Cc1ccccc1.O=NO. The van der Waals surface area contributed by atoms with Gasteiger partial charge in [-0.1, -0.05) is 43.0 Å². The lowest BCUT2D eigenvalue weighted by atomic mass is 10.2. The zero-order chi connectivity index (χ0) is 8.53. The summed E-state index contributed by atoms with van der Waals surface area (Å²) in [4.78, 5) is 8.11. The van der Waals surface area contributed by atoms with Crippen molar-refractivity contribution in [3.63, 3.8) is 0 Å². The minimum Gasteiger partial charge on any atom is -0.379 e. The highest BCUT2D eigenvalue weighted by molar-refractivity contribution is 5.45. The normalized spacial score (nSPS) is 7.27. The summed E-state index contributed by atoms with van der Waals surface area (Å²) in [5.74, 6) is 0. The van der Waals surface area contributed by atoms with Gasteiger partial charge in [-0.15, -0.1) is 4.91 Å². The van der Waals surface area contributed by atoms with Crippen molar-refractivity contribution in [1.82, 2.24) is 0 Å². The molecular formula is C8H9NO2. The second-order valence-corrected chi connectivity index (χ2v) is 1.70. The Labute approximate surface area is 64.9 Å². The molecule has 0 heterocycles. The number of hydrogen-bond acceptors (Lipinski definition) is 2. The Morgan fingerprint density at radius 1 is 1.36 bits per heavy atom. The van der Waals surface area contributed by atoms with Gasteiger partial charge >= 0.3 is 0 Å². The van der Waals surface area contributed by atoms with Crippen molar-refractivity contribution in [2.24, 2.45) is 5.34 Å². The van der Waals surface area contributed by atoms with Crippen LogP contribution in [0.5, 0.6) is 0 Å². The summed E-state index contributed by atoms with van der Waals surface area (Å²) in [6.45, 7) is 3.63. The van der Waals surface area contributed by atoms with Crippen LogP contribution < -0.4 is 0 Å². The molecule has 3 heteroatoms. The van der Waals surface area contributed by atoms with Gasteiger partial charge in [-0.3, -0.25) is 0 Å². The molecule has 58 valence electrons. The molecule has 0 saturated heterocycles. The molecule has 0 radical (unpaired) electrons. The van der Waals surface area contributed by atoms with Crippen molar-refractivity contribution >= 4 is 6.08 Å². The van der Waals surface area contributed by atoms with Gasteiger partial charge in [0.05, 0.1) is 0 Å². The smallest absolute Gasteiger partial charge is 0.152 e. The summed E-state index contributed by atoms with van der Waals surface area (Å²) < 4.78 is 0. The summed E-state index contributed by atoms with van der Waals surface area (Å²) in [5.41, 5.74) is 1.17. The molecule has 0 fully saturated rings. The van der Waals surface area contributed by atoms with E-state index >= 15 is 0 Å². The first kappa shape index (κ1) is 9.36. The van der Waals surface area contributed by atoms with Gasteiger partial charge in [0.2, 0.25) is 0 Å². The zero-order valence-electron chi connectivity index (χ0n) is 5.97. The van der Waals surface area contributed by atoms with Crippen LogP contribution in [-0.4, -0.2) is 5.21 Å². The van der Waals surface area contributed by atoms with Crippen LogP contribution in [0.15, 0.2) is 42.3 Å². The maximum atomic E-state index is 8.11. The van der Waals surface area contributed by atoms with E-state index in [1.54, 1.807) is 0 Å². The van der Waals surface area contributed by atoms with E-state index in [0.29, 0.717) is 0 Å². The Morgan fingerprint density at radius 3 is 2.09 bits per heavy atom. The predicted octanol–water partition coefficient (Wildman–Crippen LogP) is 2.47. The van der Waals surface area contributed by atoms with E-state index in [9.17, 15) is 0 Å². The monoisotopic (exact) mass is 151 g/mol. The fourth-order valence-corrected chi connectivity index (χ4v) is 0.589. The minimum absolute atomic E-state index is 1.17. The summed E-state index contributed by atoms with van der Waals surface area (Å²) >= 11 is 0. The van der Waals surface area contributed by atoms with Crippen LogP contribution >= 0.6 is 0 Å². The standard InChI is InChI=1S/C8H8.HNO2/c1-2-8-6-4-3-5-7-8;2-1-3/h2-7H,1H2;(H,2,3). The molecule has 0 aliphatic heterocycles. The summed E-state index contributed by atoms with van der Waals surface area (Å²) in [6.07, 6.45) is 1.83. The second kappa shape index (κ2) is 6.48. The van der Waals surface area contributed by atoms with Gasteiger partial charge in [0.15, 0.2) is 5.34 Å². The van der Waals surface area contributed by atoms with Gasteiger partial charge in [-0.05, 0) is 5.56 Å². The number of benzene rings is 1. The topological polar surface area (TPSA) is 49.7 Å². The molecule has 0 aromatic heterocycles. The average molecular weight is 151 g/mol. The van der Waals surface area contributed by atoms with Crippen molar-refractivity contribution in [3.8, 4) is 0 Å². The highest BCUT2D eigenvalue weighted by Crippen LogP contribution is 1.97. The van der Waals surface area contributed by atoms with Gasteiger partial charge in [0.1, 0.15) is 0 Å². The maximum absolute atomic E-state index is 8.11. The van der Waals surface area contributed by atoms with Gasteiger partial charge in [0.25, 0.3) is 0 Å². The first-order valence-electron chi connectivity index (χ1n) is 2.99. The van der Waals surface area contributed by atoms with E-state index in [1.165, 1.54) is 10.9 Å². The molecule has 11 heavy (non-hydrogen) atoms. The fourth-order valence-electron chi connectivity index (χ4n) is 0.589. The van der Waals surface area contributed by atoms with E-state index in [1.807, 2.05) is 36.4 Å². The van der Waals surface area contributed by atoms with Crippen molar-refractivity contribution in [2.75, 3.05) is 0 Å². The van der Waals surface area contributed by atoms with E-state index in [-0.39, 0.29) is 0 Å². The molecule has 0 bridgehead atoms. The van der Waals surface area contributed by atoms with E-state index in [2.05, 4.69) is 6.58 Å². The third-order valence-electron chi connectivity index (χ3n) is 1.04. The molecule has 0 amide bonds. The molecule has 3 nitrogen and oxygen atoms in total. The third-order valence-corrected chi connectivity index (χ3v) is 1.04. The Hall–Kier alpha value is -1.64. The Kier molecular flexibility index (Phi) is 5.51. The molecule has 1 rings (SSSR count). The lowest BCUT2D eigenvalue weighted by molar-refractivity contribution is 0.312. The van der Waals surface area contributed by atoms with E-state index < -0.39 is 0 Å². The summed E-state index contributed by atoms with van der Waals surface area (Å²) in [6, 6.07) is 10.0. The molecule has 0 saturated carbocycles. The van der Waals surface area contributed by atoms with Crippen molar-refractivity contribution in [2.45, 2.75) is 0 Å². The molecule has 0 spiro atoms. The number of nitrogens with zero attached hydrogens (tertiary/aromatic N) is 1. The van der Waals surface area contributed by atoms with Crippen molar-refractivity contribution < 1.29 is 5.21 Å². The van der Waals surface area contributed by atoms with Crippen LogP contribution in [0, 0.1) is 4.91 Å². The first-order valence-corrected chi connectivity index (χ1v) is 2.99. The largest absolute Gasteiger partial charge is 0.379 e. The predicted molar refractivity (Wildman–Crippen MR) is 44.1 cm³/mol. The van der Waals surface area contributed by atoms with Gasteiger partial charge in [-0.2, -0.15) is 0 Å². The fraction of sp³-hybridized carbons (Fsp3) is 0. The summed E-state index contributed by atoms with van der Waals surface area (Å²) in [7, 11) is 0. The first-order chi connectivity index (χ1) is 5.35. The maximum Gasteiger partial charge on any atom is 0.152 e. The lowest BCUT2D eigenvalue weighted by Crippen LogP contribution is -1.63. The molecule has 0 aliphatic rings. The highest BCUT2D eigenvalue weighted by Gasteiger charge is 1.75. The van der Waals surface area contributed by atoms with Crippen LogP contribution in [0.1, 0.15) is 5.56 Å². The second-order valence-electron chi connectivity index (χ2n) is 1.70. The van der Waals surface area contributed by atoms with E-state index in [0.717, 1.165) is 0 Å². The zero-order valence-corrected chi connectivity index (χ0v) is 5.97. The van der Waals surface area contributed by atoms with E-state index in [4.69, 9.17) is 10.1 Å². The van der Waals surface area contributed by atoms with Crippen LogP contribution in [0.4, 0.5) is 0 Å². The quantitative estimate of drug-likeness (QED) is 0.495. The van der Waals surface area contributed by atoms with Crippen molar-refractivity contribution in [3.05, 3.63) is 47.4 Å². The molecule has 0 unspecified atom stereocenters. The van der Waals surface area contributed by atoms with Crippen LogP contribution in [0.3, 0.4) is 0 Å². The van der Waals surface area contributed by atoms with Crippen LogP contribution in [0.2, 0.25) is 0 Å². The molecule has 1 aromatic rings. The van der Waals surface area contributed by atoms with Gasteiger partial charge in [0, 0.05) is 0 Å². The van der Waals surface area contributed by atoms with Crippen LogP contribution in [0.25, 0.3) is 6.08 Å². The highest BCUT2D eigenvalue weighted by atomic mass is 16.6. The number of rotatable bonds is 1. The van der Waals surface area contributed by atoms with Crippen molar-refractivity contribution in [1.29, 1.82) is 0 Å². The Bertz CT molecular complexity index is 209. The molecule has 1 N–H and O–H groups in total. The summed E-state index contributed by atoms with van der Waals surface area (Å²) in [5, 5.41) is 7.89. The Balaban J connectivity index is 0.000000292. The molecule has 1 aromatic carbocycles. The average Bonchev–Trinajstić information content (AvgIpc) is 2.08.